The van der Waals surface area contributed by atoms with Crippen LogP contribution in [0.15, 0.2) is 23.1 Å². The number of hydrogen-bond acceptors (Lipinski definition) is 4. The van der Waals surface area contributed by atoms with Gasteiger partial charge >= 0.3 is 0 Å². The molecule has 2 N–H and O–H groups in total. The van der Waals surface area contributed by atoms with E-state index in [2.05, 4.69) is 5.32 Å². The number of β-amino-alcohol motifs (C(OH)–C–C–N with tert-alkyl or cyclic N) is 1. The first-order valence-electron chi connectivity index (χ1n) is 6.28. The summed E-state index contributed by atoms with van der Waals surface area (Å²) in [5, 5.41) is 12.8. The molecule has 0 spiro atoms. The summed E-state index contributed by atoms with van der Waals surface area (Å²) in [6.07, 6.45) is -0.662. The van der Waals surface area contributed by atoms with Gasteiger partial charge in [0.15, 0.2) is 0 Å². The smallest absolute Gasteiger partial charge is 0.243 e. The normalized spacial score (nSPS) is 24.1. The van der Waals surface area contributed by atoms with E-state index < -0.39 is 22.2 Å². The van der Waals surface area contributed by atoms with Gasteiger partial charge in [0.1, 0.15) is 0 Å². The summed E-state index contributed by atoms with van der Waals surface area (Å²) in [4.78, 5) is 0.314. The molecule has 1 saturated heterocycles. The van der Waals surface area contributed by atoms with Crippen molar-refractivity contribution >= 4 is 10.0 Å². The van der Waals surface area contributed by atoms with E-state index in [4.69, 9.17) is 0 Å². The van der Waals surface area contributed by atoms with E-state index in [1.165, 1.54) is 11.4 Å². The van der Waals surface area contributed by atoms with Crippen molar-refractivity contribution in [2.75, 3.05) is 20.1 Å². The fourth-order valence-electron chi connectivity index (χ4n) is 2.34. The van der Waals surface area contributed by atoms with Crippen molar-refractivity contribution in [1.29, 1.82) is 0 Å². The summed E-state index contributed by atoms with van der Waals surface area (Å²) in [6.45, 7) is 4.55. The standard InChI is InChI=1S/C13H20N2O3S/c1-9-4-5-10(2)13(6-9)19(17,18)15(3)11-7-14-8-12(11)16/h4-6,11-12,14,16H,7-8H2,1-3H3/t11-,12-/m0/s1. The van der Waals surface area contributed by atoms with E-state index in [9.17, 15) is 13.5 Å². The molecule has 0 saturated carbocycles. The van der Waals surface area contributed by atoms with Crippen LogP contribution >= 0.6 is 0 Å². The fourth-order valence-corrected chi connectivity index (χ4v) is 4.03. The molecule has 106 valence electrons. The van der Waals surface area contributed by atoms with E-state index >= 15 is 0 Å². The molecule has 0 aromatic heterocycles. The SMILES string of the molecule is Cc1ccc(C)c(S(=O)(=O)N(C)[C@H]2CNC[C@@H]2O)c1. The number of likely N-dealkylation sites (N-methyl/N-ethyl adjacent to an activating group) is 1. The molecule has 1 aliphatic rings. The third kappa shape index (κ3) is 2.67. The molecule has 1 aromatic carbocycles. The Morgan fingerprint density at radius 2 is 2.00 bits per heavy atom. The average molecular weight is 284 g/mol. The van der Waals surface area contributed by atoms with Gasteiger partial charge in [-0.1, -0.05) is 12.1 Å². The van der Waals surface area contributed by atoms with Crippen LogP contribution in [0.2, 0.25) is 0 Å². The Kier molecular flexibility index (Phi) is 3.96. The van der Waals surface area contributed by atoms with Crippen LogP contribution in [-0.4, -0.2) is 50.1 Å². The molecule has 0 unspecified atom stereocenters. The Morgan fingerprint density at radius 3 is 2.58 bits per heavy atom. The Morgan fingerprint density at radius 1 is 1.32 bits per heavy atom. The summed E-state index contributed by atoms with van der Waals surface area (Å²) in [5.41, 5.74) is 1.63. The topological polar surface area (TPSA) is 69.6 Å². The predicted molar refractivity (Wildman–Crippen MR) is 73.5 cm³/mol. The zero-order valence-electron chi connectivity index (χ0n) is 11.4. The number of nitrogens with zero attached hydrogens (tertiary/aromatic N) is 1. The van der Waals surface area contributed by atoms with Gasteiger partial charge in [-0.3, -0.25) is 0 Å². The zero-order valence-corrected chi connectivity index (χ0v) is 12.2. The van der Waals surface area contributed by atoms with Gasteiger partial charge in [-0.25, -0.2) is 8.42 Å². The van der Waals surface area contributed by atoms with Crippen molar-refractivity contribution in [3.8, 4) is 0 Å². The van der Waals surface area contributed by atoms with Crippen molar-refractivity contribution in [3.05, 3.63) is 29.3 Å². The molecule has 1 aromatic rings. The van der Waals surface area contributed by atoms with Crippen LogP contribution < -0.4 is 5.32 Å². The fraction of sp³-hybridized carbons (Fsp3) is 0.538. The number of sulfonamides is 1. The Bertz CT molecular complexity index is 571. The molecule has 1 heterocycles. The van der Waals surface area contributed by atoms with Gasteiger partial charge in [0.05, 0.1) is 17.0 Å². The highest BCUT2D eigenvalue weighted by molar-refractivity contribution is 7.89. The van der Waals surface area contributed by atoms with Crippen molar-refractivity contribution in [1.82, 2.24) is 9.62 Å². The van der Waals surface area contributed by atoms with Gasteiger partial charge in [0.25, 0.3) is 0 Å². The first-order chi connectivity index (χ1) is 8.84. The second kappa shape index (κ2) is 5.20. The number of benzene rings is 1. The maximum atomic E-state index is 12.6. The van der Waals surface area contributed by atoms with Crippen LogP contribution in [0.1, 0.15) is 11.1 Å². The van der Waals surface area contributed by atoms with Crippen molar-refractivity contribution in [2.24, 2.45) is 0 Å². The van der Waals surface area contributed by atoms with Crippen LogP contribution in [-0.2, 0) is 10.0 Å². The van der Waals surface area contributed by atoms with Gasteiger partial charge in [0, 0.05) is 20.1 Å². The van der Waals surface area contributed by atoms with Crippen molar-refractivity contribution in [2.45, 2.75) is 30.9 Å². The van der Waals surface area contributed by atoms with Gasteiger partial charge < -0.3 is 10.4 Å². The second-order valence-corrected chi connectivity index (χ2v) is 7.05. The van der Waals surface area contributed by atoms with Crippen molar-refractivity contribution in [3.63, 3.8) is 0 Å². The lowest BCUT2D eigenvalue weighted by atomic mass is 10.2. The molecule has 19 heavy (non-hydrogen) atoms. The lowest BCUT2D eigenvalue weighted by Gasteiger charge is -2.26. The van der Waals surface area contributed by atoms with Crippen LogP contribution in [0.5, 0.6) is 0 Å². The maximum Gasteiger partial charge on any atom is 0.243 e. The van der Waals surface area contributed by atoms with E-state index in [-0.39, 0.29) is 0 Å². The van der Waals surface area contributed by atoms with Gasteiger partial charge in [-0.05, 0) is 31.0 Å². The summed E-state index contributed by atoms with van der Waals surface area (Å²) in [7, 11) is -2.05. The number of rotatable bonds is 3. The third-order valence-electron chi connectivity index (χ3n) is 3.62. The van der Waals surface area contributed by atoms with Crippen LogP contribution in [0.25, 0.3) is 0 Å². The monoisotopic (exact) mass is 284 g/mol. The molecule has 5 nitrogen and oxygen atoms in total. The second-order valence-electron chi connectivity index (χ2n) is 5.08. The van der Waals surface area contributed by atoms with Gasteiger partial charge in [0.2, 0.25) is 10.0 Å². The summed E-state index contributed by atoms with van der Waals surface area (Å²) < 4.78 is 26.5. The molecule has 1 fully saturated rings. The Balaban J connectivity index is 2.39. The summed E-state index contributed by atoms with van der Waals surface area (Å²) >= 11 is 0. The molecule has 2 rings (SSSR count). The average Bonchev–Trinajstić information content (AvgIpc) is 2.77. The predicted octanol–water partition coefficient (Wildman–Crippen LogP) is 0.257. The van der Waals surface area contributed by atoms with Gasteiger partial charge in [-0.15, -0.1) is 0 Å². The lowest BCUT2D eigenvalue weighted by molar-refractivity contribution is 0.136. The minimum absolute atomic E-state index is 0.314. The third-order valence-corrected chi connectivity index (χ3v) is 5.64. The Labute approximate surface area is 114 Å². The number of nitrogens with one attached hydrogen (secondary N) is 1. The minimum Gasteiger partial charge on any atom is -0.390 e. The molecule has 0 radical (unpaired) electrons. The van der Waals surface area contributed by atoms with Crippen molar-refractivity contribution < 1.29 is 13.5 Å². The quantitative estimate of drug-likeness (QED) is 0.835. The van der Waals surface area contributed by atoms with Crippen LogP contribution in [0.3, 0.4) is 0 Å². The maximum absolute atomic E-state index is 12.6. The first kappa shape index (κ1) is 14.5. The van der Waals surface area contributed by atoms with Gasteiger partial charge in [-0.2, -0.15) is 4.31 Å². The summed E-state index contributed by atoms with van der Waals surface area (Å²) in [6, 6.07) is 4.96. The Hall–Kier alpha value is -0.950. The van der Waals surface area contributed by atoms with Crippen LogP contribution in [0, 0.1) is 13.8 Å². The summed E-state index contributed by atoms with van der Waals surface area (Å²) in [5.74, 6) is 0. The van der Waals surface area contributed by atoms with E-state index in [1.54, 1.807) is 19.1 Å². The van der Waals surface area contributed by atoms with E-state index in [1.807, 2.05) is 13.0 Å². The molecule has 0 aliphatic carbocycles. The lowest BCUT2D eigenvalue weighted by Crippen LogP contribution is -2.44. The number of hydrogen-bond donors (Lipinski definition) is 2. The van der Waals surface area contributed by atoms with E-state index in [0.717, 1.165) is 11.1 Å². The first-order valence-corrected chi connectivity index (χ1v) is 7.72. The highest BCUT2D eigenvalue weighted by Crippen LogP contribution is 2.23. The van der Waals surface area contributed by atoms with E-state index in [0.29, 0.717) is 18.0 Å². The number of aryl methyl sites for hydroxylation is 2. The largest absolute Gasteiger partial charge is 0.390 e. The van der Waals surface area contributed by atoms with Crippen LogP contribution in [0.4, 0.5) is 0 Å². The highest BCUT2D eigenvalue weighted by atomic mass is 32.2. The zero-order chi connectivity index (χ0) is 14.2. The number of aliphatic hydroxyl groups excluding tert-OH is 1. The molecule has 1 aliphatic heterocycles. The molecular formula is C13H20N2O3S. The molecule has 2 atom stereocenters. The minimum atomic E-state index is -3.58. The molecular weight excluding hydrogens is 264 g/mol. The number of aliphatic hydroxyl groups is 1. The highest BCUT2D eigenvalue weighted by Gasteiger charge is 2.36. The molecule has 0 amide bonds. The molecule has 0 bridgehead atoms. The molecule has 6 heteroatoms.